The molecule has 0 atom stereocenters. The molecule has 2 amide bonds. The van der Waals surface area contributed by atoms with E-state index in [1.54, 1.807) is 26.0 Å². The molecule has 6 nitrogen and oxygen atoms in total. The second-order valence-corrected chi connectivity index (χ2v) is 6.66. The van der Waals surface area contributed by atoms with E-state index in [0.29, 0.717) is 0 Å². The first-order valence-electron chi connectivity index (χ1n) is 8.75. The predicted molar refractivity (Wildman–Crippen MR) is 107 cm³/mol. The van der Waals surface area contributed by atoms with Crippen LogP contribution in [0.3, 0.4) is 0 Å². The molecule has 2 rings (SSSR count). The van der Waals surface area contributed by atoms with Gasteiger partial charge < -0.3 is 10.4 Å². The number of nitrogens with zero attached hydrogens (tertiary/aromatic N) is 1. The summed E-state index contributed by atoms with van der Waals surface area (Å²) < 4.78 is 0. The highest BCUT2D eigenvalue weighted by molar-refractivity contribution is 5.94. The minimum atomic E-state index is -0.338. The fourth-order valence-corrected chi connectivity index (χ4v) is 2.61. The molecule has 0 unspecified atom stereocenters. The van der Waals surface area contributed by atoms with E-state index in [2.05, 4.69) is 15.8 Å². The molecule has 0 saturated carbocycles. The molecule has 0 spiro atoms. The fraction of sp³-hybridized carbons (Fsp3) is 0.286. The Morgan fingerprint density at radius 2 is 1.59 bits per heavy atom. The van der Waals surface area contributed by atoms with Crippen LogP contribution in [0.15, 0.2) is 35.4 Å². The summed E-state index contributed by atoms with van der Waals surface area (Å²) in [6.07, 6.45) is 1.63. The van der Waals surface area contributed by atoms with Gasteiger partial charge in [-0.1, -0.05) is 12.1 Å². The van der Waals surface area contributed by atoms with Gasteiger partial charge in [0, 0.05) is 18.5 Å². The first-order chi connectivity index (χ1) is 12.8. The molecule has 2 aromatic rings. The highest BCUT2D eigenvalue weighted by Crippen LogP contribution is 2.22. The maximum absolute atomic E-state index is 12.0. The van der Waals surface area contributed by atoms with Crippen LogP contribution in [-0.2, 0) is 9.59 Å². The minimum Gasteiger partial charge on any atom is -0.507 e. The van der Waals surface area contributed by atoms with Gasteiger partial charge in [0.15, 0.2) is 0 Å². The van der Waals surface area contributed by atoms with Crippen LogP contribution >= 0.6 is 0 Å². The van der Waals surface area contributed by atoms with E-state index >= 15 is 0 Å². The van der Waals surface area contributed by atoms with Crippen LogP contribution in [0.25, 0.3) is 0 Å². The zero-order valence-electron chi connectivity index (χ0n) is 16.1. The summed E-state index contributed by atoms with van der Waals surface area (Å²) >= 11 is 0. The molecule has 0 radical (unpaired) electrons. The summed E-state index contributed by atoms with van der Waals surface area (Å²) in [5.41, 5.74) is 7.46. The van der Waals surface area contributed by atoms with Crippen molar-refractivity contribution in [2.45, 2.75) is 40.5 Å². The van der Waals surface area contributed by atoms with E-state index in [0.717, 1.165) is 33.5 Å². The molecule has 0 saturated heterocycles. The lowest BCUT2D eigenvalue weighted by molar-refractivity contribution is -0.124. The molecule has 3 N–H and O–H groups in total. The Balaban J connectivity index is 1.82. The number of benzene rings is 2. The van der Waals surface area contributed by atoms with Crippen molar-refractivity contribution < 1.29 is 14.7 Å². The van der Waals surface area contributed by atoms with Crippen LogP contribution in [0.2, 0.25) is 0 Å². The van der Waals surface area contributed by atoms with Crippen molar-refractivity contribution >= 4 is 23.7 Å². The zero-order valence-corrected chi connectivity index (χ0v) is 16.1. The number of hydrogen-bond donors (Lipinski definition) is 3. The van der Waals surface area contributed by atoms with Crippen LogP contribution in [-0.4, -0.2) is 23.1 Å². The monoisotopic (exact) mass is 367 g/mol. The number of carbonyl (C=O) groups is 2. The second kappa shape index (κ2) is 8.98. The normalized spacial score (nSPS) is 10.8. The molecule has 0 aromatic heterocycles. The van der Waals surface area contributed by atoms with E-state index in [-0.39, 0.29) is 30.4 Å². The smallest absolute Gasteiger partial charge is 0.240 e. The summed E-state index contributed by atoms with van der Waals surface area (Å²) in [7, 11) is 0. The molecule has 0 bridgehead atoms. The first-order valence-corrected chi connectivity index (χ1v) is 8.75. The van der Waals surface area contributed by atoms with Crippen molar-refractivity contribution in [2.75, 3.05) is 5.32 Å². The lowest BCUT2D eigenvalue weighted by Gasteiger charge is -2.09. The number of hydrazone groups is 1. The number of rotatable bonds is 6. The van der Waals surface area contributed by atoms with E-state index < -0.39 is 0 Å². The summed E-state index contributed by atoms with van der Waals surface area (Å²) in [4.78, 5) is 23.9. The molecular formula is C21H25N3O3. The standard InChI is InChI=1S/C21H25N3O3/c1-13-5-6-14(2)18(9-13)23-19(25)7-8-20(26)24-22-12-17-10-15(3)21(27)16(4)11-17/h5-6,9-12,27H,7-8H2,1-4H3,(H,23,25)(H,24,26)/b22-12+. The summed E-state index contributed by atoms with van der Waals surface area (Å²) in [6.45, 7) is 7.47. The SMILES string of the molecule is Cc1ccc(C)c(NC(=O)CCC(=O)N/N=C/c2cc(C)c(O)c(C)c2)c1. The average Bonchev–Trinajstić information content (AvgIpc) is 2.61. The molecule has 0 aliphatic carbocycles. The molecule has 6 heteroatoms. The maximum Gasteiger partial charge on any atom is 0.240 e. The van der Waals surface area contributed by atoms with Crippen LogP contribution in [0.4, 0.5) is 5.69 Å². The Labute approximate surface area is 159 Å². The van der Waals surface area contributed by atoms with Crippen molar-refractivity contribution in [1.29, 1.82) is 0 Å². The van der Waals surface area contributed by atoms with Crippen molar-refractivity contribution in [1.82, 2.24) is 5.43 Å². The Morgan fingerprint density at radius 3 is 2.26 bits per heavy atom. The Kier molecular flexibility index (Phi) is 6.71. The molecule has 0 aliphatic heterocycles. The zero-order chi connectivity index (χ0) is 20.0. The number of aromatic hydroxyl groups is 1. The van der Waals surface area contributed by atoms with Gasteiger partial charge in [-0.25, -0.2) is 5.43 Å². The fourth-order valence-electron chi connectivity index (χ4n) is 2.61. The predicted octanol–water partition coefficient (Wildman–Crippen LogP) is 3.49. The van der Waals surface area contributed by atoms with Crippen LogP contribution in [0.5, 0.6) is 5.75 Å². The van der Waals surface area contributed by atoms with Crippen LogP contribution in [0, 0.1) is 27.7 Å². The van der Waals surface area contributed by atoms with E-state index in [1.807, 2.05) is 32.0 Å². The Bertz CT molecular complexity index is 865. The highest BCUT2D eigenvalue weighted by Gasteiger charge is 2.08. The Morgan fingerprint density at radius 1 is 0.963 bits per heavy atom. The molecule has 142 valence electrons. The molecule has 0 aliphatic rings. The topological polar surface area (TPSA) is 90.8 Å². The van der Waals surface area contributed by atoms with Gasteiger partial charge in [-0.2, -0.15) is 5.10 Å². The third kappa shape index (κ3) is 5.95. The van der Waals surface area contributed by atoms with Gasteiger partial charge in [-0.3, -0.25) is 9.59 Å². The van der Waals surface area contributed by atoms with Crippen LogP contribution < -0.4 is 10.7 Å². The number of hydrogen-bond acceptors (Lipinski definition) is 4. The summed E-state index contributed by atoms with van der Waals surface area (Å²) in [5, 5.41) is 16.5. The van der Waals surface area contributed by atoms with Gasteiger partial charge in [0.2, 0.25) is 11.8 Å². The molecule has 2 aromatic carbocycles. The van der Waals surface area contributed by atoms with Gasteiger partial charge >= 0.3 is 0 Å². The van der Waals surface area contributed by atoms with Gasteiger partial charge in [-0.15, -0.1) is 0 Å². The number of amides is 2. The van der Waals surface area contributed by atoms with Crippen molar-refractivity contribution in [3.8, 4) is 5.75 Å². The largest absolute Gasteiger partial charge is 0.507 e. The van der Waals surface area contributed by atoms with Gasteiger partial charge in [-0.05, 0) is 73.7 Å². The molecule has 27 heavy (non-hydrogen) atoms. The van der Waals surface area contributed by atoms with Crippen molar-refractivity contribution in [3.63, 3.8) is 0 Å². The van der Waals surface area contributed by atoms with E-state index in [4.69, 9.17) is 0 Å². The number of nitrogens with one attached hydrogen (secondary N) is 2. The number of anilines is 1. The lowest BCUT2D eigenvalue weighted by atomic mass is 10.1. The van der Waals surface area contributed by atoms with Gasteiger partial charge in [0.1, 0.15) is 5.75 Å². The van der Waals surface area contributed by atoms with Crippen molar-refractivity contribution in [2.24, 2.45) is 5.10 Å². The molecular weight excluding hydrogens is 342 g/mol. The Hall–Kier alpha value is -3.15. The molecule has 0 heterocycles. The number of phenolic OH excluding ortho intramolecular Hbond substituents is 1. The summed E-state index contributed by atoms with van der Waals surface area (Å²) in [6, 6.07) is 9.37. The average molecular weight is 367 g/mol. The summed E-state index contributed by atoms with van der Waals surface area (Å²) in [5.74, 6) is -0.298. The maximum atomic E-state index is 12.0. The van der Waals surface area contributed by atoms with E-state index in [1.165, 1.54) is 6.21 Å². The number of phenols is 1. The second-order valence-electron chi connectivity index (χ2n) is 6.66. The third-order valence-electron chi connectivity index (χ3n) is 4.16. The highest BCUT2D eigenvalue weighted by atomic mass is 16.3. The van der Waals surface area contributed by atoms with Gasteiger partial charge in [0.05, 0.1) is 6.21 Å². The number of carbonyl (C=O) groups excluding carboxylic acids is 2. The van der Waals surface area contributed by atoms with Gasteiger partial charge in [0.25, 0.3) is 0 Å². The van der Waals surface area contributed by atoms with Crippen molar-refractivity contribution in [3.05, 3.63) is 58.1 Å². The first kappa shape index (κ1) is 20.2. The quantitative estimate of drug-likeness (QED) is 0.539. The van der Waals surface area contributed by atoms with E-state index in [9.17, 15) is 14.7 Å². The lowest BCUT2D eigenvalue weighted by Crippen LogP contribution is -2.21. The molecule has 0 fully saturated rings. The third-order valence-corrected chi connectivity index (χ3v) is 4.16. The number of aryl methyl sites for hydroxylation is 4. The van der Waals surface area contributed by atoms with Crippen LogP contribution in [0.1, 0.15) is 40.7 Å². The minimum absolute atomic E-state index is 0.0433.